The third-order valence-corrected chi connectivity index (χ3v) is 5.76. The normalized spacial score (nSPS) is 27.7. The van der Waals surface area contributed by atoms with Crippen LogP contribution in [0.4, 0.5) is 11.8 Å². The summed E-state index contributed by atoms with van der Waals surface area (Å²) in [6.07, 6.45) is 3.87. The van der Waals surface area contributed by atoms with Crippen LogP contribution >= 0.6 is 0 Å². The van der Waals surface area contributed by atoms with E-state index in [2.05, 4.69) is 27.5 Å². The lowest BCUT2D eigenvalue weighted by Gasteiger charge is -2.19. The largest absolute Gasteiger partial charge is 0.394 e. The molecule has 3 heterocycles. The number of nitrogens with one attached hydrogen (secondary N) is 2. The number of nitrogens with zero attached hydrogens (tertiary/aromatic N) is 4. The predicted octanol–water partition coefficient (Wildman–Crippen LogP) is 1.00. The Labute approximate surface area is 169 Å². The predicted molar refractivity (Wildman–Crippen MR) is 108 cm³/mol. The molecule has 1 aliphatic heterocycles. The molecule has 4 atom stereocenters. The Balaban J connectivity index is 1.73. The average Bonchev–Trinajstić information content (AvgIpc) is 3.42. The van der Waals surface area contributed by atoms with Crippen molar-refractivity contribution in [2.45, 2.75) is 76.0 Å². The van der Waals surface area contributed by atoms with Crippen molar-refractivity contribution < 1.29 is 20.1 Å². The molecule has 10 heteroatoms. The number of rotatable bonds is 8. The van der Waals surface area contributed by atoms with Crippen LogP contribution in [0.1, 0.15) is 51.7 Å². The molecule has 10 nitrogen and oxygen atoms in total. The molecule has 0 spiro atoms. The first-order chi connectivity index (χ1) is 14.1. The summed E-state index contributed by atoms with van der Waals surface area (Å²) >= 11 is 0. The highest BCUT2D eigenvalue weighted by Crippen LogP contribution is 2.36. The molecule has 0 aromatic carbocycles. The maximum absolute atomic E-state index is 10.6. The van der Waals surface area contributed by atoms with E-state index in [4.69, 9.17) is 9.72 Å². The summed E-state index contributed by atoms with van der Waals surface area (Å²) in [7, 11) is 0. The Kier molecular flexibility index (Phi) is 6.14. The molecule has 2 aliphatic rings. The van der Waals surface area contributed by atoms with Gasteiger partial charge in [-0.1, -0.05) is 26.2 Å². The Morgan fingerprint density at radius 1 is 1.21 bits per heavy atom. The summed E-state index contributed by atoms with van der Waals surface area (Å²) < 4.78 is 7.42. The van der Waals surface area contributed by atoms with Gasteiger partial charge in [-0.25, -0.2) is 15.0 Å². The van der Waals surface area contributed by atoms with Gasteiger partial charge in [0.05, 0.1) is 6.61 Å². The van der Waals surface area contributed by atoms with Crippen molar-refractivity contribution in [3.63, 3.8) is 0 Å². The highest BCUT2D eigenvalue weighted by molar-refractivity contribution is 5.85. The monoisotopic (exact) mass is 406 g/mol. The van der Waals surface area contributed by atoms with Crippen molar-refractivity contribution >= 4 is 22.9 Å². The second-order valence-corrected chi connectivity index (χ2v) is 7.83. The average molecular weight is 406 g/mol. The van der Waals surface area contributed by atoms with Gasteiger partial charge in [-0.15, -0.1) is 0 Å². The molecule has 160 valence electrons. The summed E-state index contributed by atoms with van der Waals surface area (Å²) in [4.78, 5) is 13.5. The number of aromatic nitrogens is 4. The SMILES string of the molecule is CCCCNc1nc2c(NC3CCCC3)ncnc2n1[C@@H]1O[C@H](CO)C(O)C1O. The van der Waals surface area contributed by atoms with Crippen LogP contribution in [0, 0.1) is 0 Å². The summed E-state index contributed by atoms with van der Waals surface area (Å²) in [6.45, 7) is 2.42. The quantitative estimate of drug-likeness (QED) is 0.407. The lowest BCUT2D eigenvalue weighted by Crippen LogP contribution is -2.33. The molecule has 0 radical (unpaired) electrons. The lowest BCUT2D eigenvalue weighted by molar-refractivity contribution is -0.0501. The van der Waals surface area contributed by atoms with Crippen LogP contribution < -0.4 is 10.6 Å². The second kappa shape index (κ2) is 8.78. The van der Waals surface area contributed by atoms with E-state index >= 15 is 0 Å². The molecule has 5 N–H and O–H groups in total. The number of anilines is 2. The molecule has 0 bridgehead atoms. The Bertz CT molecular complexity index is 824. The van der Waals surface area contributed by atoms with Crippen LogP contribution in [0.3, 0.4) is 0 Å². The van der Waals surface area contributed by atoms with Crippen molar-refractivity contribution in [1.82, 2.24) is 19.5 Å². The summed E-state index contributed by atoms with van der Waals surface area (Å²) in [5.41, 5.74) is 1.10. The number of aliphatic hydroxyl groups is 3. The smallest absolute Gasteiger partial charge is 0.207 e. The summed E-state index contributed by atoms with van der Waals surface area (Å²) in [6, 6.07) is 0.365. The van der Waals surface area contributed by atoms with Gasteiger partial charge in [-0.3, -0.25) is 4.57 Å². The Hall–Kier alpha value is -2.01. The molecular weight excluding hydrogens is 376 g/mol. The third kappa shape index (κ3) is 3.89. The van der Waals surface area contributed by atoms with E-state index in [0.717, 1.165) is 25.7 Å². The van der Waals surface area contributed by atoms with Crippen molar-refractivity contribution in [2.24, 2.45) is 0 Å². The zero-order valence-electron chi connectivity index (χ0n) is 16.7. The number of ether oxygens (including phenoxy) is 1. The van der Waals surface area contributed by atoms with Crippen LogP contribution in [0.5, 0.6) is 0 Å². The molecule has 4 rings (SSSR count). The van der Waals surface area contributed by atoms with E-state index in [9.17, 15) is 15.3 Å². The van der Waals surface area contributed by atoms with Gasteiger partial charge < -0.3 is 30.7 Å². The fourth-order valence-corrected chi connectivity index (χ4v) is 4.11. The lowest BCUT2D eigenvalue weighted by atomic mass is 10.1. The zero-order valence-corrected chi connectivity index (χ0v) is 16.7. The van der Waals surface area contributed by atoms with Gasteiger partial charge in [0.15, 0.2) is 23.2 Å². The van der Waals surface area contributed by atoms with E-state index in [0.29, 0.717) is 35.5 Å². The number of unbranched alkanes of at least 4 members (excludes halogenated alkanes) is 1. The fourth-order valence-electron chi connectivity index (χ4n) is 4.11. The number of aliphatic hydroxyl groups excluding tert-OH is 3. The Morgan fingerprint density at radius 3 is 2.69 bits per heavy atom. The van der Waals surface area contributed by atoms with Crippen molar-refractivity contribution in [2.75, 3.05) is 23.8 Å². The highest BCUT2D eigenvalue weighted by Gasteiger charge is 2.45. The minimum Gasteiger partial charge on any atom is -0.394 e. The van der Waals surface area contributed by atoms with E-state index in [-0.39, 0.29) is 6.61 Å². The minimum atomic E-state index is -1.21. The van der Waals surface area contributed by atoms with Crippen LogP contribution in [0.2, 0.25) is 0 Å². The molecule has 0 amide bonds. The van der Waals surface area contributed by atoms with Crippen LogP contribution in [0.25, 0.3) is 11.2 Å². The number of hydrogen-bond donors (Lipinski definition) is 5. The molecule has 2 unspecified atom stereocenters. The van der Waals surface area contributed by atoms with Gasteiger partial charge in [0.2, 0.25) is 5.95 Å². The summed E-state index contributed by atoms with van der Waals surface area (Å²) in [5, 5.41) is 37.0. The summed E-state index contributed by atoms with van der Waals surface area (Å²) in [5.74, 6) is 1.16. The first-order valence-corrected chi connectivity index (χ1v) is 10.5. The molecular formula is C19H30N6O4. The first-order valence-electron chi connectivity index (χ1n) is 10.5. The van der Waals surface area contributed by atoms with E-state index in [1.165, 1.54) is 19.2 Å². The van der Waals surface area contributed by atoms with Gasteiger partial charge in [0.1, 0.15) is 24.6 Å². The van der Waals surface area contributed by atoms with Gasteiger partial charge in [0, 0.05) is 12.6 Å². The first kappa shape index (κ1) is 20.3. The van der Waals surface area contributed by atoms with Crippen molar-refractivity contribution in [1.29, 1.82) is 0 Å². The zero-order chi connectivity index (χ0) is 20.4. The number of fused-ring (bicyclic) bond motifs is 1. The minimum absolute atomic E-state index is 0.365. The van der Waals surface area contributed by atoms with Gasteiger partial charge in [0.25, 0.3) is 0 Å². The van der Waals surface area contributed by atoms with E-state index in [1.54, 1.807) is 4.57 Å². The maximum Gasteiger partial charge on any atom is 0.207 e. The van der Waals surface area contributed by atoms with E-state index < -0.39 is 24.5 Å². The molecule has 2 fully saturated rings. The molecule has 2 aromatic rings. The third-order valence-electron chi connectivity index (χ3n) is 5.76. The van der Waals surface area contributed by atoms with Crippen LogP contribution in [-0.2, 0) is 4.74 Å². The van der Waals surface area contributed by atoms with Gasteiger partial charge in [-0.05, 0) is 19.3 Å². The van der Waals surface area contributed by atoms with Gasteiger partial charge >= 0.3 is 0 Å². The maximum atomic E-state index is 10.6. The fraction of sp³-hybridized carbons (Fsp3) is 0.737. The molecule has 29 heavy (non-hydrogen) atoms. The number of imidazole rings is 1. The molecule has 1 aliphatic carbocycles. The highest BCUT2D eigenvalue weighted by atomic mass is 16.6. The van der Waals surface area contributed by atoms with Crippen molar-refractivity contribution in [3.8, 4) is 0 Å². The Morgan fingerprint density at radius 2 is 2.00 bits per heavy atom. The van der Waals surface area contributed by atoms with Crippen LogP contribution in [0.15, 0.2) is 6.33 Å². The van der Waals surface area contributed by atoms with Crippen molar-refractivity contribution in [3.05, 3.63) is 6.33 Å². The van der Waals surface area contributed by atoms with E-state index in [1.807, 2.05) is 0 Å². The standard InChI is InChI=1S/C19H30N6O4/c1-2-3-8-20-19-24-13-16(23-11-6-4-5-7-11)21-10-22-17(13)25(19)18-15(28)14(27)12(9-26)29-18/h10-12,14-15,18,26-28H,2-9H2,1H3,(H,20,24)(H,21,22,23)/t12-,14?,15?,18-/m1/s1. The molecule has 2 aromatic heterocycles. The van der Waals surface area contributed by atoms with Gasteiger partial charge in [-0.2, -0.15) is 0 Å². The molecule has 1 saturated heterocycles. The van der Waals surface area contributed by atoms with Crippen LogP contribution in [-0.4, -0.2) is 72.3 Å². The topological polar surface area (TPSA) is 138 Å². The second-order valence-electron chi connectivity index (χ2n) is 7.83. The molecule has 1 saturated carbocycles. The number of hydrogen-bond acceptors (Lipinski definition) is 9.